The first-order valence-electron chi connectivity index (χ1n) is 8.54. The highest BCUT2D eigenvalue weighted by Gasteiger charge is 2.05. The Labute approximate surface area is 151 Å². The quantitative estimate of drug-likeness (QED) is 0.661. The van der Waals surface area contributed by atoms with Crippen molar-refractivity contribution in [3.05, 3.63) is 65.7 Å². The van der Waals surface area contributed by atoms with Gasteiger partial charge in [-0.05, 0) is 31.9 Å². The number of hydrogen-bond donors (Lipinski definition) is 1. The Morgan fingerprint density at radius 3 is 2.96 bits per heavy atom. The molecule has 26 heavy (non-hydrogen) atoms. The molecule has 1 atom stereocenters. The topological polar surface area (TPSA) is 81.8 Å². The van der Waals surface area contributed by atoms with Crippen molar-refractivity contribution in [2.75, 3.05) is 0 Å². The Kier molecular flexibility index (Phi) is 5.58. The SMILES string of the molecule is CC(CCCn1ccnc1)NC(=O)C=Cn1cnc2ccccc2c1=O. The van der Waals surface area contributed by atoms with Crippen LogP contribution in [0, 0.1) is 0 Å². The van der Waals surface area contributed by atoms with E-state index in [0.717, 1.165) is 19.4 Å². The summed E-state index contributed by atoms with van der Waals surface area (Å²) in [6.45, 7) is 2.83. The van der Waals surface area contributed by atoms with Gasteiger partial charge < -0.3 is 9.88 Å². The molecule has 0 aliphatic heterocycles. The summed E-state index contributed by atoms with van der Waals surface area (Å²) in [7, 11) is 0. The van der Waals surface area contributed by atoms with Crippen LogP contribution >= 0.6 is 0 Å². The number of aryl methyl sites for hydroxylation is 1. The second kappa shape index (κ2) is 8.24. The van der Waals surface area contributed by atoms with Crippen LogP contribution in [0.15, 0.2) is 60.2 Å². The minimum atomic E-state index is -0.236. The lowest BCUT2D eigenvalue weighted by Crippen LogP contribution is -2.31. The lowest BCUT2D eigenvalue weighted by molar-refractivity contribution is -0.117. The number of carbonyl (C=O) groups is 1. The predicted molar refractivity (Wildman–Crippen MR) is 100 cm³/mol. The summed E-state index contributed by atoms with van der Waals surface area (Å²) in [4.78, 5) is 32.6. The fraction of sp³-hybridized carbons (Fsp3) is 0.263. The standard InChI is InChI=1S/C19H21N5O2/c1-15(5-4-10-23-12-9-20-13-23)22-18(25)8-11-24-14-21-17-7-3-2-6-16(17)19(24)26/h2-3,6-9,11-15H,4-5,10H2,1H3,(H,22,25). The van der Waals surface area contributed by atoms with Crippen molar-refractivity contribution < 1.29 is 4.79 Å². The second-order valence-corrected chi connectivity index (χ2v) is 6.14. The van der Waals surface area contributed by atoms with Crippen molar-refractivity contribution in [2.45, 2.75) is 32.4 Å². The van der Waals surface area contributed by atoms with Gasteiger partial charge in [0, 0.05) is 37.3 Å². The third-order valence-electron chi connectivity index (χ3n) is 4.08. The summed E-state index contributed by atoms with van der Waals surface area (Å²) in [6.07, 6.45) is 11.5. The molecule has 0 fully saturated rings. The molecule has 7 nitrogen and oxygen atoms in total. The minimum Gasteiger partial charge on any atom is -0.350 e. The third kappa shape index (κ3) is 4.44. The predicted octanol–water partition coefficient (Wildman–Crippen LogP) is 2.05. The fourth-order valence-corrected chi connectivity index (χ4v) is 2.70. The van der Waals surface area contributed by atoms with E-state index in [1.165, 1.54) is 23.2 Å². The molecule has 0 spiro atoms. The Bertz CT molecular complexity index is 959. The molecule has 2 heterocycles. The molecule has 3 aromatic rings. The molecule has 1 unspecified atom stereocenters. The number of carbonyl (C=O) groups excluding carboxylic acids is 1. The van der Waals surface area contributed by atoms with Gasteiger partial charge in [0.1, 0.15) is 6.33 Å². The van der Waals surface area contributed by atoms with E-state index in [-0.39, 0.29) is 17.5 Å². The van der Waals surface area contributed by atoms with Gasteiger partial charge in [-0.25, -0.2) is 9.97 Å². The average molecular weight is 351 g/mol. The highest BCUT2D eigenvalue weighted by molar-refractivity contribution is 5.90. The lowest BCUT2D eigenvalue weighted by atomic mass is 10.2. The zero-order valence-corrected chi connectivity index (χ0v) is 14.6. The average Bonchev–Trinajstić information content (AvgIpc) is 3.15. The molecule has 1 N–H and O–H groups in total. The van der Waals surface area contributed by atoms with Gasteiger partial charge in [-0.3, -0.25) is 14.2 Å². The molecule has 134 valence electrons. The van der Waals surface area contributed by atoms with E-state index < -0.39 is 0 Å². The zero-order chi connectivity index (χ0) is 18.4. The van der Waals surface area contributed by atoms with E-state index >= 15 is 0 Å². The number of hydrogen-bond acceptors (Lipinski definition) is 4. The van der Waals surface area contributed by atoms with Gasteiger partial charge in [0.15, 0.2) is 0 Å². The summed E-state index contributed by atoms with van der Waals surface area (Å²) in [5, 5.41) is 3.42. The van der Waals surface area contributed by atoms with Crippen molar-refractivity contribution in [3.63, 3.8) is 0 Å². The Morgan fingerprint density at radius 1 is 1.31 bits per heavy atom. The van der Waals surface area contributed by atoms with Crippen molar-refractivity contribution in [2.24, 2.45) is 0 Å². The largest absolute Gasteiger partial charge is 0.350 e. The number of nitrogens with one attached hydrogen (secondary N) is 1. The van der Waals surface area contributed by atoms with Gasteiger partial charge in [0.05, 0.1) is 17.2 Å². The Balaban J connectivity index is 1.54. The van der Waals surface area contributed by atoms with Crippen LogP contribution < -0.4 is 10.9 Å². The van der Waals surface area contributed by atoms with Gasteiger partial charge in [-0.15, -0.1) is 0 Å². The summed E-state index contributed by atoms with van der Waals surface area (Å²) in [5.41, 5.74) is 0.436. The number of benzene rings is 1. The van der Waals surface area contributed by atoms with E-state index in [4.69, 9.17) is 0 Å². The van der Waals surface area contributed by atoms with Crippen LogP contribution in [0.4, 0.5) is 0 Å². The normalized spacial score (nSPS) is 12.5. The molecule has 2 aromatic heterocycles. The summed E-state index contributed by atoms with van der Waals surface area (Å²) < 4.78 is 3.32. The molecule has 0 bridgehead atoms. The van der Waals surface area contributed by atoms with Gasteiger partial charge in [0.25, 0.3) is 5.56 Å². The number of para-hydroxylation sites is 1. The van der Waals surface area contributed by atoms with Gasteiger partial charge in [-0.2, -0.15) is 0 Å². The number of nitrogens with zero attached hydrogens (tertiary/aromatic N) is 4. The number of amides is 1. The smallest absolute Gasteiger partial charge is 0.265 e. The second-order valence-electron chi connectivity index (χ2n) is 6.14. The molecular formula is C19H21N5O2. The van der Waals surface area contributed by atoms with Crippen molar-refractivity contribution >= 4 is 23.0 Å². The molecule has 0 aliphatic rings. The highest BCUT2D eigenvalue weighted by Crippen LogP contribution is 2.04. The maximum absolute atomic E-state index is 12.3. The van der Waals surface area contributed by atoms with Crippen LogP contribution in [0.25, 0.3) is 17.1 Å². The van der Waals surface area contributed by atoms with Gasteiger partial charge >= 0.3 is 0 Å². The first kappa shape index (κ1) is 17.6. The van der Waals surface area contributed by atoms with Crippen LogP contribution in [0.3, 0.4) is 0 Å². The van der Waals surface area contributed by atoms with E-state index in [2.05, 4.69) is 15.3 Å². The molecular weight excluding hydrogens is 330 g/mol. The molecule has 0 radical (unpaired) electrons. The van der Waals surface area contributed by atoms with Crippen LogP contribution in [-0.4, -0.2) is 31.1 Å². The molecule has 0 saturated heterocycles. The number of aromatic nitrogens is 4. The Morgan fingerprint density at radius 2 is 2.15 bits per heavy atom. The van der Waals surface area contributed by atoms with E-state index in [9.17, 15) is 9.59 Å². The number of fused-ring (bicyclic) bond motifs is 1. The Hall–Kier alpha value is -3.22. The summed E-state index contributed by atoms with van der Waals surface area (Å²) in [5.74, 6) is -0.236. The number of rotatable bonds is 7. The molecule has 7 heteroatoms. The van der Waals surface area contributed by atoms with Crippen LogP contribution in [0.1, 0.15) is 19.8 Å². The first-order chi connectivity index (χ1) is 12.6. The van der Waals surface area contributed by atoms with Crippen LogP contribution in [0.5, 0.6) is 0 Å². The highest BCUT2D eigenvalue weighted by atomic mass is 16.1. The zero-order valence-electron chi connectivity index (χ0n) is 14.6. The molecule has 1 amide bonds. The number of imidazole rings is 1. The monoisotopic (exact) mass is 351 g/mol. The van der Waals surface area contributed by atoms with Gasteiger partial charge in [0.2, 0.25) is 5.91 Å². The van der Waals surface area contributed by atoms with E-state index in [0.29, 0.717) is 10.9 Å². The van der Waals surface area contributed by atoms with Crippen LogP contribution in [0.2, 0.25) is 0 Å². The first-order valence-corrected chi connectivity index (χ1v) is 8.54. The molecule has 3 rings (SSSR count). The lowest BCUT2D eigenvalue weighted by Gasteiger charge is -2.12. The molecule has 0 saturated carbocycles. The summed E-state index contributed by atoms with van der Waals surface area (Å²) in [6, 6.07) is 7.16. The maximum atomic E-state index is 12.3. The summed E-state index contributed by atoms with van der Waals surface area (Å²) >= 11 is 0. The van der Waals surface area contributed by atoms with Crippen LogP contribution in [-0.2, 0) is 11.3 Å². The van der Waals surface area contributed by atoms with Gasteiger partial charge in [-0.1, -0.05) is 12.1 Å². The molecule has 1 aromatic carbocycles. The third-order valence-corrected chi connectivity index (χ3v) is 4.08. The molecule has 0 aliphatic carbocycles. The van der Waals surface area contributed by atoms with E-state index in [1.54, 1.807) is 30.7 Å². The van der Waals surface area contributed by atoms with Crippen molar-refractivity contribution in [1.82, 2.24) is 24.4 Å². The van der Waals surface area contributed by atoms with E-state index in [1.807, 2.05) is 23.8 Å². The van der Waals surface area contributed by atoms with Crippen molar-refractivity contribution in [3.8, 4) is 0 Å². The maximum Gasteiger partial charge on any atom is 0.265 e. The van der Waals surface area contributed by atoms with Crippen molar-refractivity contribution in [1.29, 1.82) is 0 Å². The fourth-order valence-electron chi connectivity index (χ4n) is 2.70. The minimum absolute atomic E-state index is 0.0436.